The second kappa shape index (κ2) is 5.28. The largest absolute Gasteiger partial charge is 0.458 e. The third kappa shape index (κ3) is 1.85. The molecule has 1 spiro atoms. The summed E-state index contributed by atoms with van der Waals surface area (Å²) >= 11 is 6.76. The number of rotatable bonds is 1. The summed E-state index contributed by atoms with van der Waals surface area (Å²) in [6.45, 7) is 6.19. The van der Waals surface area contributed by atoms with E-state index in [0.29, 0.717) is 18.4 Å². The van der Waals surface area contributed by atoms with Crippen LogP contribution in [0.4, 0.5) is 0 Å². The molecule has 5 rings (SSSR count). The monoisotopic (exact) mass is 398 g/mol. The number of halogens is 1. The zero-order valence-electron chi connectivity index (χ0n) is 15.8. The minimum Gasteiger partial charge on any atom is -0.458 e. The predicted octanol–water partition coefficient (Wildman–Crippen LogP) is 1.14. The Labute approximate surface area is 163 Å². The molecule has 2 saturated carbocycles. The van der Waals surface area contributed by atoms with Crippen LogP contribution in [0.2, 0.25) is 0 Å². The number of cyclic esters (lactones) is 1. The lowest BCUT2D eigenvalue weighted by Gasteiger charge is -2.60. The van der Waals surface area contributed by atoms with Crippen molar-refractivity contribution < 1.29 is 29.6 Å². The lowest BCUT2D eigenvalue weighted by Crippen LogP contribution is -2.73. The number of ether oxygens (including phenoxy) is 2. The molecule has 6 nitrogen and oxygen atoms in total. The first-order valence-corrected chi connectivity index (χ1v) is 10.3. The van der Waals surface area contributed by atoms with E-state index in [1.165, 1.54) is 0 Å². The highest BCUT2D eigenvalue weighted by Crippen LogP contribution is 2.74. The number of carbonyl (C=O) groups excluding carboxylic acids is 1. The van der Waals surface area contributed by atoms with Gasteiger partial charge in [0.1, 0.15) is 23.9 Å². The van der Waals surface area contributed by atoms with Crippen LogP contribution < -0.4 is 0 Å². The average Bonchev–Trinajstić information content (AvgIpc) is 3.25. The first-order valence-electron chi connectivity index (χ1n) is 9.90. The molecule has 0 amide bonds. The van der Waals surface area contributed by atoms with Gasteiger partial charge < -0.3 is 24.8 Å². The Hall–Kier alpha value is -0.660. The lowest BCUT2D eigenvalue weighted by molar-refractivity contribution is -0.222. The summed E-state index contributed by atoms with van der Waals surface area (Å²) in [4.78, 5) is 12.1. The van der Waals surface area contributed by atoms with Crippen LogP contribution in [-0.2, 0) is 14.3 Å². The minimum absolute atomic E-state index is 0.0423. The van der Waals surface area contributed by atoms with Gasteiger partial charge in [-0.15, -0.1) is 11.6 Å². The van der Waals surface area contributed by atoms with Crippen molar-refractivity contribution in [3.63, 3.8) is 0 Å². The van der Waals surface area contributed by atoms with Gasteiger partial charge in [0.15, 0.2) is 0 Å². The Kier molecular flexibility index (Phi) is 3.59. The van der Waals surface area contributed by atoms with Crippen LogP contribution in [0.1, 0.15) is 40.0 Å². The summed E-state index contributed by atoms with van der Waals surface area (Å²) in [6.07, 6.45) is -1.05. The van der Waals surface area contributed by atoms with Gasteiger partial charge in [-0.05, 0) is 36.7 Å². The standard InChI is InChI=1S/C20H27ClO6/c1-8(2)12-14(21)16-20(27-16)18(3)6-11(22)13-9(7-26-17(13)24)10(18)4-5-19(20,25)15(12)23/h8,10-12,14-16,22-23,25H,4-7H2,1-3H3/t10?,11-,12?,14?,15+,16-,18-,19+,20+/m0/s1. The van der Waals surface area contributed by atoms with Gasteiger partial charge in [-0.3, -0.25) is 0 Å². The Morgan fingerprint density at radius 1 is 1.30 bits per heavy atom. The number of aliphatic hydroxyl groups excluding tert-OH is 2. The van der Waals surface area contributed by atoms with Crippen molar-refractivity contribution in [3.05, 3.63) is 11.1 Å². The zero-order valence-corrected chi connectivity index (χ0v) is 16.6. The Morgan fingerprint density at radius 2 is 2.00 bits per heavy atom. The van der Waals surface area contributed by atoms with Crippen molar-refractivity contribution in [1.82, 2.24) is 0 Å². The van der Waals surface area contributed by atoms with Crippen molar-refractivity contribution in [3.8, 4) is 0 Å². The molecule has 0 radical (unpaired) electrons. The molecule has 3 N–H and O–H groups in total. The van der Waals surface area contributed by atoms with E-state index in [0.717, 1.165) is 5.57 Å². The first-order chi connectivity index (χ1) is 12.6. The molecule has 7 heteroatoms. The van der Waals surface area contributed by atoms with Crippen LogP contribution in [0.15, 0.2) is 11.1 Å². The highest BCUT2D eigenvalue weighted by Gasteiger charge is 2.86. The maximum Gasteiger partial charge on any atom is 0.337 e. The van der Waals surface area contributed by atoms with Crippen molar-refractivity contribution in [1.29, 1.82) is 0 Å². The van der Waals surface area contributed by atoms with E-state index in [2.05, 4.69) is 0 Å². The Morgan fingerprint density at radius 3 is 2.67 bits per heavy atom. The number of hydrogen-bond acceptors (Lipinski definition) is 6. The van der Waals surface area contributed by atoms with Gasteiger partial charge in [-0.25, -0.2) is 4.79 Å². The second-order valence-electron chi connectivity index (χ2n) is 9.65. The number of esters is 1. The van der Waals surface area contributed by atoms with Crippen molar-refractivity contribution >= 4 is 17.6 Å². The smallest absolute Gasteiger partial charge is 0.337 e. The van der Waals surface area contributed by atoms with E-state index < -0.39 is 40.2 Å². The van der Waals surface area contributed by atoms with E-state index in [9.17, 15) is 20.1 Å². The van der Waals surface area contributed by atoms with E-state index >= 15 is 0 Å². The maximum atomic E-state index is 12.1. The molecular formula is C20H27ClO6. The van der Waals surface area contributed by atoms with Gasteiger partial charge in [0.05, 0.1) is 23.2 Å². The van der Waals surface area contributed by atoms with Gasteiger partial charge in [0.2, 0.25) is 0 Å². The molecule has 27 heavy (non-hydrogen) atoms. The summed E-state index contributed by atoms with van der Waals surface area (Å²) in [6, 6.07) is 0. The summed E-state index contributed by atoms with van der Waals surface area (Å²) in [5.74, 6) is -0.646. The summed E-state index contributed by atoms with van der Waals surface area (Å²) in [5, 5.41) is 33.3. The fraction of sp³-hybridized carbons (Fsp3) is 0.850. The second-order valence-corrected chi connectivity index (χ2v) is 10.2. The van der Waals surface area contributed by atoms with E-state index in [4.69, 9.17) is 21.1 Å². The minimum atomic E-state index is -1.41. The molecule has 2 heterocycles. The molecular weight excluding hydrogens is 372 g/mol. The molecule has 0 aromatic carbocycles. The van der Waals surface area contributed by atoms with E-state index in [1.807, 2.05) is 20.8 Å². The van der Waals surface area contributed by atoms with Gasteiger partial charge in [0.25, 0.3) is 0 Å². The fourth-order valence-electron chi connectivity index (χ4n) is 7.10. The number of aliphatic hydroxyl groups is 3. The summed E-state index contributed by atoms with van der Waals surface area (Å²) < 4.78 is 11.4. The predicted molar refractivity (Wildman–Crippen MR) is 96.0 cm³/mol. The Bertz CT molecular complexity index is 751. The fourth-order valence-corrected chi connectivity index (χ4v) is 7.76. The van der Waals surface area contributed by atoms with E-state index in [-0.39, 0.29) is 36.9 Å². The topological polar surface area (TPSA) is 99.5 Å². The Balaban J connectivity index is 1.63. The molecule has 0 bridgehead atoms. The maximum absolute atomic E-state index is 12.1. The number of epoxide rings is 1. The highest BCUT2D eigenvalue weighted by molar-refractivity contribution is 6.21. The highest BCUT2D eigenvalue weighted by atomic mass is 35.5. The normalized spacial score (nSPS) is 56.2. The van der Waals surface area contributed by atoms with Crippen LogP contribution in [0.25, 0.3) is 0 Å². The van der Waals surface area contributed by atoms with Gasteiger partial charge in [0, 0.05) is 11.3 Å². The molecule has 2 aliphatic heterocycles. The van der Waals surface area contributed by atoms with Crippen LogP contribution in [0, 0.1) is 23.2 Å². The SMILES string of the molecule is CC(C)C1C(Cl)[C@@H]2O[C@@]23[C@@]2(C)C[C@H](O)C4=C(COC4=O)C2CC[C@@]3(O)[C@@H]1O. The van der Waals surface area contributed by atoms with Crippen LogP contribution in [0.3, 0.4) is 0 Å². The molecule has 9 atom stereocenters. The number of hydrogen-bond donors (Lipinski definition) is 3. The van der Waals surface area contributed by atoms with E-state index in [1.54, 1.807) is 0 Å². The molecule has 0 aromatic rings. The number of alkyl halides is 1. The molecule has 1 saturated heterocycles. The number of fused-ring (bicyclic) bond motifs is 2. The molecule has 3 fully saturated rings. The van der Waals surface area contributed by atoms with Crippen LogP contribution in [-0.4, -0.2) is 62.8 Å². The zero-order chi connectivity index (χ0) is 19.5. The number of carbonyl (C=O) groups is 1. The molecule has 0 aromatic heterocycles. The van der Waals surface area contributed by atoms with Gasteiger partial charge in [-0.2, -0.15) is 0 Å². The summed E-state index contributed by atoms with van der Waals surface area (Å²) in [7, 11) is 0. The first kappa shape index (κ1) is 18.4. The molecule has 150 valence electrons. The van der Waals surface area contributed by atoms with Crippen molar-refractivity contribution in [2.24, 2.45) is 23.2 Å². The third-order valence-electron chi connectivity index (χ3n) is 8.31. The van der Waals surface area contributed by atoms with Gasteiger partial charge >= 0.3 is 5.97 Å². The molecule has 5 aliphatic rings. The molecule has 3 unspecified atom stereocenters. The van der Waals surface area contributed by atoms with Crippen molar-refractivity contribution in [2.75, 3.05) is 6.61 Å². The molecule has 3 aliphatic carbocycles. The van der Waals surface area contributed by atoms with Crippen LogP contribution in [0.5, 0.6) is 0 Å². The van der Waals surface area contributed by atoms with Gasteiger partial charge in [-0.1, -0.05) is 20.8 Å². The van der Waals surface area contributed by atoms with Crippen LogP contribution >= 0.6 is 11.6 Å². The lowest BCUT2D eigenvalue weighted by atomic mass is 9.45. The summed E-state index contributed by atoms with van der Waals surface area (Å²) in [5.41, 5.74) is -1.84. The third-order valence-corrected chi connectivity index (χ3v) is 8.83. The van der Waals surface area contributed by atoms with Crippen molar-refractivity contribution in [2.45, 2.75) is 74.9 Å². The average molecular weight is 399 g/mol. The quantitative estimate of drug-likeness (QED) is 0.348.